The van der Waals surface area contributed by atoms with Gasteiger partial charge < -0.3 is 5.32 Å². The molecule has 0 bridgehead atoms. The Morgan fingerprint density at radius 2 is 2.07 bits per heavy atom. The lowest BCUT2D eigenvalue weighted by Crippen LogP contribution is -2.14. The van der Waals surface area contributed by atoms with Crippen molar-refractivity contribution < 1.29 is 4.79 Å². The van der Waals surface area contributed by atoms with Gasteiger partial charge in [-0.15, -0.1) is 16.4 Å². The average molecular weight is 397 g/mol. The number of nitrogens with zero attached hydrogens (tertiary/aromatic N) is 5. The molecule has 0 radical (unpaired) electrons. The van der Waals surface area contributed by atoms with Gasteiger partial charge in [-0.25, -0.2) is 9.67 Å². The molecule has 0 spiro atoms. The third-order valence-electron chi connectivity index (χ3n) is 3.74. The molecule has 9 heteroatoms. The molecule has 27 heavy (non-hydrogen) atoms. The zero-order chi connectivity index (χ0) is 18.6. The van der Waals surface area contributed by atoms with E-state index in [4.69, 9.17) is 11.6 Å². The zero-order valence-electron chi connectivity index (χ0n) is 13.9. The number of nitrogens with one attached hydrogen (secondary N) is 1. The minimum absolute atomic E-state index is 0.153. The minimum atomic E-state index is -0.153. The maximum absolute atomic E-state index is 12.4. The Labute approximate surface area is 163 Å². The van der Waals surface area contributed by atoms with Gasteiger partial charge in [-0.3, -0.25) is 4.79 Å². The Morgan fingerprint density at radius 1 is 1.19 bits per heavy atom. The first-order chi connectivity index (χ1) is 13.2. The molecule has 1 amide bonds. The Balaban J connectivity index is 1.45. The van der Waals surface area contributed by atoms with E-state index in [9.17, 15) is 4.79 Å². The molecule has 2 aromatic heterocycles. The summed E-state index contributed by atoms with van der Waals surface area (Å²) in [6, 6.07) is 14.8. The molecular weight excluding hydrogens is 384 g/mol. The van der Waals surface area contributed by atoms with Crippen LogP contribution in [0.5, 0.6) is 0 Å². The highest BCUT2D eigenvalue weighted by Crippen LogP contribution is 2.30. The molecule has 0 aliphatic carbocycles. The summed E-state index contributed by atoms with van der Waals surface area (Å²) in [4.78, 5) is 16.9. The van der Waals surface area contributed by atoms with Crippen molar-refractivity contribution in [2.75, 3.05) is 5.32 Å². The van der Waals surface area contributed by atoms with E-state index in [2.05, 4.69) is 25.8 Å². The van der Waals surface area contributed by atoms with Crippen LogP contribution in [0.2, 0.25) is 5.02 Å². The molecule has 2 heterocycles. The predicted octanol–water partition coefficient (Wildman–Crippen LogP) is 3.62. The molecule has 0 fully saturated rings. The summed E-state index contributed by atoms with van der Waals surface area (Å²) >= 11 is 7.67. The number of anilines is 1. The normalized spacial score (nSPS) is 10.7. The molecule has 4 aromatic rings. The SMILES string of the molecule is O=C(Cc1csc(-c2ccccc2Cl)n1)Nc1cccc(-n2cnnn2)c1. The van der Waals surface area contributed by atoms with E-state index in [1.54, 1.807) is 6.07 Å². The fourth-order valence-electron chi connectivity index (χ4n) is 2.52. The van der Waals surface area contributed by atoms with E-state index in [0.29, 0.717) is 16.4 Å². The highest BCUT2D eigenvalue weighted by Gasteiger charge is 2.11. The minimum Gasteiger partial charge on any atom is -0.326 e. The average Bonchev–Trinajstić information content (AvgIpc) is 3.34. The third-order valence-corrected chi connectivity index (χ3v) is 5.00. The Bertz CT molecular complexity index is 1080. The highest BCUT2D eigenvalue weighted by atomic mass is 35.5. The molecule has 0 aliphatic rings. The second-order valence-corrected chi connectivity index (χ2v) is 6.92. The number of halogens is 1. The topological polar surface area (TPSA) is 85.6 Å². The van der Waals surface area contributed by atoms with E-state index >= 15 is 0 Å². The number of benzene rings is 2. The maximum atomic E-state index is 12.4. The van der Waals surface area contributed by atoms with Crippen LogP contribution in [0, 0.1) is 0 Å². The molecule has 0 atom stereocenters. The number of hydrogen-bond acceptors (Lipinski definition) is 6. The summed E-state index contributed by atoms with van der Waals surface area (Å²) in [7, 11) is 0. The van der Waals surface area contributed by atoms with Crippen LogP contribution in [0.25, 0.3) is 16.3 Å². The molecule has 2 aromatic carbocycles. The second kappa shape index (κ2) is 7.65. The first-order valence-electron chi connectivity index (χ1n) is 8.01. The Hall–Kier alpha value is -3.10. The van der Waals surface area contributed by atoms with Gasteiger partial charge in [-0.05, 0) is 34.7 Å². The van der Waals surface area contributed by atoms with Crippen LogP contribution in [0.15, 0.2) is 60.2 Å². The summed E-state index contributed by atoms with van der Waals surface area (Å²) in [5.74, 6) is -0.153. The highest BCUT2D eigenvalue weighted by molar-refractivity contribution is 7.13. The molecule has 0 saturated heterocycles. The van der Waals surface area contributed by atoms with Gasteiger partial charge in [0.25, 0.3) is 0 Å². The van der Waals surface area contributed by atoms with Crippen LogP contribution in [0.4, 0.5) is 5.69 Å². The Kier molecular flexibility index (Phi) is 4.91. The number of aromatic nitrogens is 5. The number of amides is 1. The zero-order valence-corrected chi connectivity index (χ0v) is 15.5. The van der Waals surface area contributed by atoms with Gasteiger partial charge in [0.05, 0.1) is 22.8 Å². The predicted molar refractivity (Wildman–Crippen MR) is 104 cm³/mol. The molecule has 0 unspecified atom stereocenters. The lowest BCUT2D eigenvalue weighted by Gasteiger charge is -2.06. The van der Waals surface area contributed by atoms with Crippen LogP contribution >= 0.6 is 22.9 Å². The van der Waals surface area contributed by atoms with E-state index in [-0.39, 0.29) is 12.3 Å². The third kappa shape index (κ3) is 4.02. The van der Waals surface area contributed by atoms with E-state index < -0.39 is 0 Å². The number of rotatable bonds is 5. The van der Waals surface area contributed by atoms with Crippen molar-refractivity contribution in [3.8, 4) is 16.3 Å². The van der Waals surface area contributed by atoms with Gasteiger partial charge in [0.2, 0.25) is 5.91 Å². The quantitative estimate of drug-likeness (QED) is 0.556. The molecule has 7 nitrogen and oxygen atoms in total. The van der Waals surface area contributed by atoms with Gasteiger partial charge in [0.1, 0.15) is 11.3 Å². The number of carbonyl (C=O) groups excluding carboxylic acids is 1. The van der Waals surface area contributed by atoms with Crippen molar-refractivity contribution in [1.82, 2.24) is 25.2 Å². The first-order valence-corrected chi connectivity index (χ1v) is 9.27. The van der Waals surface area contributed by atoms with Crippen molar-refractivity contribution in [2.24, 2.45) is 0 Å². The van der Waals surface area contributed by atoms with E-state index in [1.165, 1.54) is 22.3 Å². The van der Waals surface area contributed by atoms with Crippen molar-refractivity contribution in [3.05, 3.63) is 71.0 Å². The summed E-state index contributed by atoms with van der Waals surface area (Å²) < 4.78 is 1.52. The van der Waals surface area contributed by atoms with Crippen molar-refractivity contribution in [2.45, 2.75) is 6.42 Å². The monoisotopic (exact) mass is 396 g/mol. The van der Waals surface area contributed by atoms with E-state index in [0.717, 1.165) is 16.3 Å². The smallest absolute Gasteiger partial charge is 0.230 e. The molecular formula is C18H13ClN6OS. The molecule has 4 rings (SSSR count). The van der Waals surface area contributed by atoms with Crippen LogP contribution in [-0.2, 0) is 11.2 Å². The largest absolute Gasteiger partial charge is 0.326 e. The van der Waals surface area contributed by atoms with Crippen molar-refractivity contribution in [3.63, 3.8) is 0 Å². The fourth-order valence-corrected chi connectivity index (χ4v) is 3.66. The number of tetrazole rings is 1. The van der Waals surface area contributed by atoms with Gasteiger partial charge in [0, 0.05) is 16.6 Å². The summed E-state index contributed by atoms with van der Waals surface area (Å²) in [6.07, 6.45) is 1.67. The molecule has 134 valence electrons. The van der Waals surface area contributed by atoms with Crippen molar-refractivity contribution in [1.29, 1.82) is 0 Å². The van der Waals surface area contributed by atoms with Gasteiger partial charge in [-0.1, -0.05) is 35.9 Å². The van der Waals surface area contributed by atoms with Crippen LogP contribution in [0.1, 0.15) is 5.69 Å². The summed E-state index contributed by atoms with van der Waals surface area (Å²) in [5.41, 5.74) is 2.98. The van der Waals surface area contributed by atoms with Gasteiger partial charge in [0.15, 0.2) is 0 Å². The maximum Gasteiger partial charge on any atom is 0.230 e. The number of carbonyl (C=O) groups is 1. The molecule has 0 aliphatic heterocycles. The lowest BCUT2D eigenvalue weighted by atomic mass is 10.2. The van der Waals surface area contributed by atoms with Crippen LogP contribution in [-0.4, -0.2) is 31.1 Å². The van der Waals surface area contributed by atoms with Crippen LogP contribution < -0.4 is 5.32 Å². The second-order valence-electron chi connectivity index (χ2n) is 5.65. The van der Waals surface area contributed by atoms with Gasteiger partial charge >= 0.3 is 0 Å². The Morgan fingerprint density at radius 3 is 2.89 bits per heavy atom. The van der Waals surface area contributed by atoms with Crippen LogP contribution in [0.3, 0.4) is 0 Å². The number of hydrogen-bond donors (Lipinski definition) is 1. The first kappa shape index (κ1) is 17.3. The van der Waals surface area contributed by atoms with Crippen molar-refractivity contribution >= 4 is 34.5 Å². The number of thiazole rings is 1. The lowest BCUT2D eigenvalue weighted by molar-refractivity contribution is -0.115. The molecule has 1 N–H and O–H groups in total. The fraction of sp³-hybridized carbons (Fsp3) is 0.0556. The van der Waals surface area contributed by atoms with Gasteiger partial charge in [-0.2, -0.15) is 0 Å². The van der Waals surface area contributed by atoms with E-state index in [1.807, 2.05) is 47.8 Å². The molecule has 0 saturated carbocycles. The summed E-state index contributed by atoms with van der Waals surface area (Å²) in [5, 5.41) is 17.2. The standard InChI is InChI=1S/C18H13ClN6OS/c19-16-7-2-1-6-15(16)18-22-13(10-27-18)9-17(26)21-12-4-3-5-14(8-12)25-11-20-23-24-25/h1-8,10-11H,9H2,(H,21,26). The summed E-state index contributed by atoms with van der Waals surface area (Å²) in [6.45, 7) is 0.